The molecule has 0 aliphatic heterocycles. The zero-order valence-electron chi connectivity index (χ0n) is 9.01. The van der Waals surface area contributed by atoms with Crippen molar-refractivity contribution in [3.05, 3.63) is 33.5 Å². The minimum absolute atomic E-state index is 0.0728. The quantitative estimate of drug-likeness (QED) is 0.837. The Hall–Kier alpha value is -1.43. The van der Waals surface area contributed by atoms with Crippen LogP contribution in [0.2, 0.25) is 0 Å². The normalized spacial score (nSPS) is 10.7. The first-order chi connectivity index (χ1) is 7.63. The number of nitrogens with zero attached hydrogens (tertiary/aromatic N) is 4. The lowest BCUT2D eigenvalue weighted by molar-refractivity contribution is 0.703. The molecular formula is C10H11BrN4O. The van der Waals surface area contributed by atoms with Crippen molar-refractivity contribution >= 4 is 15.9 Å². The Morgan fingerprint density at radius 3 is 2.81 bits per heavy atom. The van der Waals surface area contributed by atoms with Gasteiger partial charge in [-0.05, 0) is 22.9 Å². The summed E-state index contributed by atoms with van der Waals surface area (Å²) in [5, 5.41) is 4.05. The van der Waals surface area contributed by atoms with E-state index in [4.69, 9.17) is 0 Å². The minimum atomic E-state index is -0.0728. The molecule has 0 spiro atoms. The van der Waals surface area contributed by atoms with Crippen LogP contribution in [0, 0.1) is 0 Å². The van der Waals surface area contributed by atoms with Crippen molar-refractivity contribution in [1.29, 1.82) is 0 Å². The van der Waals surface area contributed by atoms with Gasteiger partial charge in [-0.3, -0.25) is 14.0 Å². The summed E-state index contributed by atoms with van der Waals surface area (Å²) in [5.74, 6) is 0. The van der Waals surface area contributed by atoms with Crippen LogP contribution in [0.3, 0.4) is 0 Å². The fourth-order valence-electron chi connectivity index (χ4n) is 1.43. The van der Waals surface area contributed by atoms with E-state index in [2.05, 4.69) is 26.0 Å². The van der Waals surface area contributed by atoms with Gasteiger partial charge in [0.2, 0.25) is 0 Å². The van der Waals surface area contributed by atoms with E-state index in [1.165, 1.54) is 0 Å². The maximum Gasteiger partial charge on any atom is 0.268 e. The second kappa shape index (κ2) is 4.21. The number of hydrogen-bond donors (Lipinski definition) is 0. The lowest BCUT2D eigenvalue weighted by atomic mass is 10.2. The van der Waals surface area contributed by atoms with Crippen molar-refractivity contribution in [3.8, 4) is 11.3 Å². The van der Waals surface area contributed by atoms with E-state index in [0.717, 1.165) is 5.56 Å². The molecule has 0 saturated heterocycles. The molecule has 0 N–H and O–H groups in total. The average molecular weight is 283 g/mol. The molecule has 5 nitrogen and oxygen atoms in total. The Labute approximate surface area is 101 Å². The van der Waals surface area contributed by atoms with Crippen molar-refractivity contribution in [1.82, 2.24) is 19.3 Å². The van der Waals surface area contributed by atoms with E-state index >= 15 is 0 Å². The standard InChI is InChI=1S/C10H11BrN4O/c1-3-15-6-12-9(8(11)10(15)16)7-4-13-14(2)5-7/h4-6H,3H2,1-2H3. The van der Waals surface area contributed by atoms with Gasteiger partial charge in [-0.15, -0.1) is 0 Å². The molecule has 16 heavy (non-hydrogen) atoms. The van der Waals surface area contributed by atoms with Gasteiger partial charge in [0.1, 0.15) is 4.47 Å². The molecule has 2 aromatic heterocycles. The lowest BCUT2D eigenvalue weighted by Gasteiger charge is -2.04. The van der Waals surface area contributed by atoms with E-state index in [1.54, 1.807) is 21.8 Å². The Bertz CT molecular complexity index is 572. The largest absolute Gasteiger partial charge is 0.299 e. The molecule has 0 amide bonds. The van der Waals surface area contributed by atoms with Gasteiger partial charge in [-0.2, -0.15) is 5.10 Å². The molecule has 0 fully saturated rings. The maximum atomic E-state index is 11.8. The van der Waals surface area contributed by atoms with E-state index in [0.29, 0.717) is 16.7 Å². The van der Waals surface area contributed by atoms with E-state index in [-0.39, 0.29) is 5.56 Å². The van der Waals surface area contributed by atoms with Crippen LogP contribution in [0.5, 0.6) is 0 Å². The highest BCUT2D eigenvalue weighted by atomic mass is 79.9. The molecular weight excluding hydrogens is 272 g/mol. The van der Waals surface area contributed by atoms with Crippen molar-refractivity contribution in [2.45, 2.75) is 13.5 Å². The summed E-state index contributed by atoms with van der Waals surface area (Å²) < 4.78 is 3.70. The fraction of sp³-hybridized carbons (Fsp3) is 0.300. The van der Waals surface area contributed by atoms with Crippen LogP contribution in [0.15, 0.2) is 28.0 Å². The smallest absolute Gasteiger partial charge is 0.268 e. The summed E-state index contributed by atoms with van der Waals surface area (Å²) >= 11 is 3.28. The number of aryl methyl sites for hydroxylation is 2. The van der Waals surface area contributed by atoms with Crippen molar-refractivity contribution in [3.63, 3.8) is 0 Å². The number of halogens is 1. The Balaban J connectivity index is 2.60. The van der Waals surface area contributed by atoms with Crippen LogP contribution < -0.4 is 5.56 Å². The summed E-state index contributed by atoms with van der Waals surface area (Å²) in [6.07, 6.45) is 5.06. The van der Waals surface area contributed by atoms with Crippen LogP contribution in [0.25, 0.3) is 11.3 Å². The summed E-state index contributed by atoms with van der Waals surface area (Å²) in [5.41, 5.74) is 1.38. The lowest BCUT2D eigenvalue weighted by Crippen LogP contribution is -2.20. The molecule has 0 bridgehead atoms. The molecule has 0 atom stereocenters. The maximum absolute atomic E-state index is 11.8. The van der Waals surface area contributed by atoms with E-state index in [1.807, 2.05) is 20.2 Å². The van der Waals surface area contributed by atoms with Crippen molar-refractivity contribution in [2.75, 3.05) is 0 Å². The highest BCUT2D eigenvalue weighted by molar-refractivity contribution is 9.10. The Kier molecular flexibility index (Phi) is 2.91. The highest BCUT2D eigenvalue weighted by Crippen LogP contribution is 2.21. The number of hydrogen-bond acceptors (Lipinski definition) is 3. The molecule has 2 rings (SSSR count). The Morgan fingerprint density at radius 2 is 2.25 bits per heavy atom. The second-order valence-corrected chi connectivity index (χ2v) is 4.19. The van der Waals surface area contributed by atoms with Crippen molar-refractivity contribution < 1.29 is 0 Å². The predicted molar refractivity (Wildman–Crippen MR) is 64.1 cm³/mol. The first kappa shape index (κ1) is 11.1. The molecule has 0 aromatic carbocycles. The molecule has 2 aromatic rings. The summed E-state index contributed by atoms with van der Waals surface area (Å²) in [4.78, 5) is 16.1. The van der Waals surface area contributed by atoms with Crippen LogP contribution in [-0.4, -0.2) is 19.3 Å². The first-order valence-corrected chi connectivity index (χ1v) is 5.66. The third-order valence-electron chi connectivity index (χ3n) is 2.30. The van der Waals surface area contributed by atoms with Crippen LogP contribution >= 0.6 is 15.9 Å². The van der Waals surface area contributed by atoms with E-state index in [9.17, 15) is 4.79 Å². The SMILES string of the molecule is CCn1cnc(-c2cnn(C)c2)c(Br)c1=O. The molecule has 0 aliphatic carbocycles. The molecule has 0 radical (unpaired) electrons. The molecule has 0 unspecified atom stereocenters. The minimum Gasteiger partial charge on any atom is -0.299 e. The van der Waals surface area contributed by atoms with Gasteiger partial charge in [0, 0.05) is 25.4 Å². The highest BCUT2D eigenvalue weighted by Gasteiger charge is 2.11. The van der Waals surface area contributed by atoms with Crippen LogP contribution in [0.4, 0.5) is 0 Å². The van der Waals surface area contributed by atoms with Gasteiger partial charge in [0.05, 0.1) is 18.2 Å². The van der Waals surface area contributed by atoms with Crippen LogP contribution in [0.1, 0.15) is 6.92 Å². The first-order valence-electron chi connectivity index (χ1n) is 4.87. The predicted octanol–water partition coefficient (Wildman–Crippen LogP) is 1.43. The number of rotatable bonds is 2. The summed E-state index contributed by atoms with van der Waals surface area (Å²) in [6, 6.07) is 0. The fourth-order valence-corrected chi connectivity index (χ4v) is 1.99. The third-order valence-corrected chi connectivity index (χ3v) is 3.02. The average Bonchev–Trinajstić information content (AvgIpc) is 2.69. The van der Waals surface area contributed by atoms with Gasteiger partial charge in [0.15, 0.2) is 0 Å². The third kappa shape index (κ3) is 1.80. The molecule has 2 heterocycles. The zero-order valence-corrected chi connectivity index (χ0v) is 10.6. The topological polar surface area (TPSA) is 52.7 Å². The van der Waals surface area contributed by atoms with Gasteiger partial charge in [-0.25, -0.2) is 4.98 Å². The molecule has 84 valence electrons. The van der Waals surface area contributed by atoms with Gasteiger partial charge < -0.3 is 0 Å². The zero-order chi connectivity index (χ0) is 11.7. The van der Waals surface area contributed by atoms with E-state index < -0.39 is 0 Å². The summed E-state index contributed by atoms with van der Waals surface area (Å²) in [7, 11) is 1.82. The second-order valence-electron chi connectivity index (χ2n) is 3.40. The van der Waals surface area contributed by atoms with Gasteiger partial charge in [-0.1, -0.05) is 0 Å². The molecule has 6 heteroatoms. The van der Waals surface area contributed by atoms with Crippen LogP contribution in [-0.2, 0) is 13.6 Å². The van der Waals surface area contributed by atoms with Gasteiger partial charge >= 0.3 is 0 Å². The number of aromatic nitrogens is 4. The van der Waals surface area contributed by atoms with Crippen molar-refractivity contribution in [2.24, 2.45) is 7.05 Å². The monoisotopic (exact) mass is 282 g/mol. The van der Waals surface area contributed by atoms with Gasteiger partial charge in [0.25, 0.3) is 5.56 Å². The Morgan fingerprint density at radius 1 is 1.50 bits per heavy atom. The molecule has 0 saturated carbocycles. The molecule has 0 aliphatic rings. The summed E-state index contributed by atoms with van der Waals surface area (Å²) in [6.45, 7) is 2.51.